The van der Waals surface area contributed by atoms with Gasteiger partial charge in [0.2, 0.25) is 0 Å². The van der Waals surface area contributed by atoms with Gasteiger partial charge in [0.05, 0.1) is 0 Å². The third-order valence-electron chi connectivity index (χ3n) is 2.69. The summed E-state index contributed by atoms with van der Waals surface area (Å²) in [6, 6.07) is 5.94. The lowest BCUT2D eigenvalue weighted by atomic mass is 10.2. The van der Waals surface area contributed by atoms with E-state index in [1.807, 2.05) is 0 Å². The molecule has 0 saturated carbocycles. The molecule has 4 nitrogen and oxygen atoms in total. The second-order valence-electron chi connectivity index (χ2n) is 4.14. The monoisotopic (exact) mass is 310 g/mol. The Bertz CT molecular complexity index is 599. The van der Waals surface area contributed by atoms with Crippen LogP contribution in [0.2, 0.25) is 0 Å². The van der Waals surface area contributed by atoms with Gasteiger partial charge in [0.1, 0.15) is 11.4 Å². The first-order valence-electron chi connectivity index (χ1n) is 6.01. The number of rotatable bonds is 5. The van der Waals surface area contributed by atoms with Crippen LogP contribution in [-0.4, -0.2) is 29.1 Å². The molecule has 1 saturated heterocycles. The molecule has 1 aliphatic rings. The van der Waals surface area contributed by atoms with Crippen LogP contribution in [0.5, 0.6) is 5.75 Å². The van der Waals surface area contributed by atoms with Crippen molar-refractivity contribution in [2.75, 3.05) is 6.54 Å². The zero-order valence-electron chi connectivity index (χ0n) is 10.9. The van der Waals surface area contributed by atoms with E-state index in [9.17, 15) is 13.6 Å². The van der Waals surface area contributed by atoms with E-state index in [1.165, 1.54) is 17.0 Å². The molecule has 1 amide bonds. The Hall–Kier alpha value is -2.28. The van der Waals surface area contributed by atoms with Gasteiger partial charge in [-0.3, -0.25) is 9.69 Å². The first-order chi connectivity index (χ1) is 10.0. The molecule has 1 aromatic carbocycles. The lowest BCUT2D eigenvalue weighted by Gasteiger charge is -2.09. The largest absolute Gasteiger partial charge is 0.435 e. The normalized spacial score (nSPS) is 16.5. The number of ether oxygens (including phenoxy) is 1. The second kappa shape index (κ2) is 6.45. The van der Waals surface area contributed by atoms with Crippen molar-refractivity contribution in [2.45, 2.75) is 6.61 Å². The number of alkyl halides is 2. The first-order valence-corrected chi connectivity index (χ1v) is 6.42. The van der Waals surface area contributed by atoms with Crippen LogP contribution in [0, 0.1) is 0 Å². The maximum absolute atomic E-state index is 12.1. The van der Waals surface area contributed by atoms with Crippen molar-refractivity contribution in [1.82, 2.24) is 10.2 Å². The van der Waals surface area contributed by atoms with E-state index in [1.54, 1.807) is 24.3 Å². The van der Waals surface area contributed by atoms with Crippen molar-refractivity contribution in [1.29, 1.82) is 0 Å². The molecule has 0 unspecified atom stereocenters. The zero-order valence-corrected chi connectivity index (χ0v) is 11.7. The average molecular weight is 310 g/mol. The fourth-order valence-corrected chi connectivity index (χ4v) is 2.05. The molecule has 21 heavy (non-hydrogen) atoms. The number of hydrogen-bond donors (Lipinski definition) is 1. The van der Waals surface area contributed by atoms with E-state index in [0.717, 1.165) is 0 Å². The van der Waals surface area contributed by atoms with Gasteiger partial charge in [-0.1, -0.05) is 18.2 Å². The van der Waals surface area contributed by atoms with Crippen molar-refractivity contribution in [2.24, 2.45) is 0 Å². The van der Waals surface area contributed by atoms with Crippen molar-refractivity contribution >= 4 is 29.3 Å². The Kier molecular flexibility index (Phi) is 4.64. The Morgan fingerprint density at radius 2 is 2.05 bits per heavy atom. The van der Waals surface area contributed by atoms with Crippen LogP contribution < -0.4 is 10.1 Å². The van der Waals surface area contributed by atoms with Gasteiger partial charge in [0.15, 0.2) is 5.11 Å². The van der Waals surface area contributed by atoms with E-state index in [0.29, 0.717) is 22.9 Å². The minimum atomic E-state index is -2.86. The molecule has 7 heteroatoms. The number of thiocarbonyl (C=S) groups is 1. The minimum Gasteiger partial charge on any atom is -0.435 e. The summed E-state index contributed by atoms with van der Waals surface area (Å²) >= 11 is 5.05. The molecule has 1 N–H and O–H groups in total. The molecular formula is C14H12F2N2O2S. The van der Waals surface area contributed by atoms with Crippen LogP contribution in [0.25, 0.3) is 6.08 Å². The summed E-state index contributed by atoms with van der Waals surface area (Å²) in [4.78, 5) is 13.4. The van der Waals surface area contributed by atoms with Gasteiger partial charge < -0.3 is 10.1 Å². The number of carbonyl (C=O) groups is 1. The molecule has 1 heterocycles. The Labute approximate surface area is 125 Å². The molecule has 0 radical (unpaired) electrons. The number of amides is 1. The Morgan fingerprint density at radius 3 is 2.62 bits per heavy atom. The SMILES string of the molecule is C=CCN1C(=O)C(=Cc2ccc(OC(F)F)cc2)NC1=S. The maximum atomic E-state index is 12.1. The predicted molar refractivity (Wildman–Crippen MR) is 78.7 cm³/mol. The van der Waals surface area contributed by atoms with Crippen molar-refractivity contribution in [3.8, 4) is 5.75 Å². The minimum absolute atomic E-state index is 0.0571. The summed E-state index contributed by atoms with van der Waals surface area (Å²) in [5.74, 6) is -0.200. The van der Waals surface area contributed by atoms with Crippen LogP contribution in [0.4, 0.5) is 8.78 Å². The molecule has 0 aliphatic carbocycles. The van der Waals surface area contributed by atoms with E-state index in [2.05, 4.69) is 16.6 Å². The average Bonchev–Trinajstić information content (AvgIpc) is 2.69. The number of carbonyl (C=O) groups excluding carboxylic acids is 1. The number of nitrogens with one attached hydrogen (secondary N) is 1. The summed E-state index contributed by atoms with van der Waals surface area (Å²) in [7, 11) is 0. The van der Waals surface area contributed by atoms with Crippen LogP contribution in [0.1, 0.15) is 5.56 Å². The highest BCUT2D eigenvalue weighted by Gasteiger charge is 2.29. The standard InChI is InChI=1S/C14H12F2N2O2S/c1-2-7-18-12(19)11(17-14(18)21)8-9-3-5-10(6-4-9)20-13(15)16/h2-6,8,13H,1,7H2,(H,17,21). The number of hydrogen-bond acceptors (Lipinski definition) is 3. The number of halogens is 2. The first kappa shape index (κ1) is 15.1. The third-order valence-corrected chi connectivity index (χ3v) is 3.01. The Balaban J connectivity index is 2.15. The summed E-state index contributed by atoms with van der Waals surface area (Å²) in [6.07, 6.45) is 3.16. The molecule has 0 bridgehead atoms. The van der Waals surface area contributed by atoms with Crippen LogP contribution in [0.3, 0.4) is 0 Å². The van der Waals surface area contributed by atoms with Gasteiger partial charge in [-0.15, -0.1) is 6.58 Å². The van der Waals surface area contributed by atoms with E-state index in [-0.39, 0.29) is 11.7 Å². The van der Waals surface area contributed by atoms with Gasteiger partial charge in [-0.05, 0) is 36.0 Å². The fraction of sp³-hybridized carbons (Fsp3) is 0.143. The summed E-state index contributed by atoms with van der Waals surface area (Å²) in [5.41, 5.74) is 0.986. The summed E-state index contributed by atoms with van der Waals surface area (Å²) < 4.78 is 28.3. The highest BCUT2D eigenvalue weighted by molar-refractivity contribution is 7.80. The number of benzene rings is 1. The van der Waals surface area contributed by atoms with Gasteiger partial charge >= 0.3 is 6.61 Å². The highest BCUT2D eigenvalue weighted by atomic mass is 32.1. The zero-order chi connectivity index (χ0) is 15.4. The van der Waals surface area contributed by atoms with Gasteiger partial charge in [0, 0.05) is 6.54 Å². The lowest BCUT2D eigenvalue weighted by Crippen LogP contribution is -2.30. The van der Waals surface area contributed by atoms with Gasteiger partial charge in [0.25, 0.3) is 5.91 Å². The smallest absolute Gasteiger partial charge is 0.387 e. The van der Waals surface area contributed by atoms with Crippen molar-refractivity contribution in [3.05, 3.63) is 48.2 Å². The summed E-state index contributed by atoms with van der Waals surface area (Å²) in [6.45, 7) is 1.02. The molecule has 110 valence electrons. The number of nitrogens with zero attached hydrogens (tertiary/aromatic N) is 1. The lowest BCUT2D eigenvalue weighted by molar-refractivity contribution is -0.122. The molecule has 0 atom stereocenters. The van der Waals surface area contributed by atoms with Crippen molar-refractivity contribution in [3.63, 3.8) is 0 Å². The van der Waals surface area contributed by atoms with Gasteiger partial charge in [-0.25, -0.2) is 0 Å². The summed E-state index contributed by atoms with van der Waals surface area (Å²) in [5, 5.41) is 3.11. The molecule has 2 rings (SSSR count). The van der Waals surface area contributed by atoms with Crippen LogP contribution in [0.15, 0.2) is 42.6 Å². The highest BCUT2D eigenvalue weighted by Crippen LogP contribution is 2.18. The van der Waals surface area contributed by atoms with Crippen LogP contribution in [-0.2, 0) is 4.79 Å². The maximum Gasteiger partial charge on any atom is 0.387 e. The third kappa shape index (κ3) is 3.63. The van der Waals surface area contributed by atoms with E-state index >= 15 is 0 Å². The molecule has 0 spiro atoms. The predicted octanol–water partition coefficient (Wildman–Crippen LogP) is 2.53. The van der Waals surface area contributed by atoms with Crippen LogP contribution >= 0.6 is 12.2 Å². The molecular weight excluding hydrogens is 298 g/mol. The van der Waals surface area contributed by atoms with E-state index < -0.39 is 6.61 Å². The Morgan fingerprint density at radius 1 is 1.38 bits per heavy atom. The quantitative estimate of drug-likeness (QED) is 0.515. The topological polar surface area (TPSA) is 41.6 Å². The molecule has 1 fully saturated rings. The molecule has 1 aliphatic heterocycles. The second-order valence-corrected chi connectivity index (χ2v) is 4.53. The fourth-order valence-electron chi connectivity index (χ4n) is 1.78. The van der Waals surface area contributed by atoms with Crippen molar-refractivity contribution < 1.29 is 18.3 Å². The molecule has 0 aromatic heterocycles. The van der Waals surface area contributed by atoms with Gasteiger partial charge in [-0.2, -0.15) is 8.78 Å². The van der Waals surface area contributed by atoms with E-state index in [4.69, 9.17) is 12.2 Å². The molecule has 1 aromatic rings.